The molecule has 12 heavy (non-hydrogen) atoms. The topological polar surface area (TPSA) is 4.93 Å². The van der Waals surface area contributed by atoms with E-state index in [4.69, 9.17) is 0 Å². The fourth-order valence-corrected chi connectivity index (χ4v) is 1.02. The second-order valence-electron chi connectivity index (χ2n) is 2.40. The van der Waals surface area contributed by atoms with Crippen LogP contribution in [0.5, 0.6) is 0 Å². The number of hydrogen-bond donors (Lipinski definition) is 0. The molecule has 0 aliphatic heterocycles. The smallest absolute Gasteiger partial charge is 0.328 e. The molecule has 1 rings (SSSR count). The van der Waals surface area contributed by atoms with Gasteiger partial charge in [-0.05, 0) is 13.0 Å². The molecule has 0 bridgehead atoms. The third-order valence-corrected chi connectivity index (χ3v) is 1.68. The highest BCUT2D eigenvalue weighted by Crippen LogP contribution is 2.32. The first-order chi connectivity index (χ1) is 5.46. The van der Waals surface area contributed by atoms with Crippen LogP contribution >= 0.6 is 0 Å². The Balaban J connectivity index is 3.19. The maximum absolute atomic E-state index is 12.2. The molecule has 0 saturated carbocycles. The molecule has 0 amide bonds. The van der Waals surface area contributed by atoms with Crippen LogP contribution < -0.4 is 0 Å². The fourth-order valence-electron chi connectivity index (χ4n) is 1.02. The maximum Gasteiger partial charge on any atom is 0.418 e. The van der Waals surface area contributed by atoms with Crippen LogP contribution in [0.4, 0.5) is 13.2 Å². The molecule has 0 N–H and O–H groups in total. The Morgan fingerprint density at radius 2 is 2.08 bits per heavy atom. The fraction of sp³-hybridized carbons (Fsp3) is 0.250. The van der Waals surface area contributed by atoms with Gasteiger partial charge in [0.2, 0.25) is 0 Å². The molecule has 0 aliphatic carbocycles. The van der Waals surface area contributed by atoms with E-state index in [0.717, 1.165) is 6.07 Å². The number of halogens is 3. The summed E-state index contributed by atoms with van der Waals surface area (Å²) in [5.74, 6) is 0. The monoisotopic (exact) mass is 175 g/mol. The predicted molar refractivity (Wildman–Crippen MR) is 40.6 cm³/mol. The minimum Gasteiger partial charge on any atom is -0.328 e. The van der Waals surface area contributed by atoms with Gasteiger partial charge in [-0.15, -0.1) is 0 Å². The molecule has 1 nitrogen and oxygen atoms in total. The largest absolute Gasteiger partial charge is 0.418 e. The summed E-state index contributed by atoms with van der Waals surface area (Å²) in [5, 5.41) is 0. The van der Waals surface area contributed by atoms with Crippen molar-refractivity contribution < 1.29 is 13.2 Å². The summed E-state index contributed by atoms with van der Waals surface area (Å²) < 4.78 is 37.8. The summed E-state index contributed by atoms with van der Waals surface area (Å²) in [7, 11) is 0. The number of aromatic nitrogens is 1. The highest BCUT2D eigenvalue weighted by molar-refractivity contribution is 5.32. The minimum atomic E-state index is -4.27. The van der Waals surface area contributed by atoms with E-state index in [1.807, 2.05) is 0 Å². The van der Waals surface area contributed by atoms with Gasteiger partial charge >= 0.3 is 6.18 Å². The summed E-state index contributed by atoms with van der Waals surface area (Å²) in [6.45, 7) is 4.79. The average Bonchev–Trinajstić information content (AvgIpc) is 2.29. The highest BCUT2D eigenvalue weighted by atomic mass is 19.4. The van der Waals surface area contributed by atoms with Crippen molar-refractivity contribution in [1.29, 1.82) is 0 Å². The van der Waals surface area contributed by atoms with E-state index < -0.39 is 11.7 Å². The zero-order valence-corrected chi connectivity index (χ0v) is 6.52. The lowest BCUT2D eigenvalue weighted by atomic mass is 10.2. The van der Waals surface area contributed by atoms with E-state index >= 15 is 0 Å². The van der Waals surface area contributed by atoms with E-state index in [2.05, 4.69) is 6.58 Å². The second kappa shape index (κ2) is 2.69. The minimum absolute atomic E-state index is 0.164. The molecule has 1 aromatic rings. The van der Waals surface area contributed by atoms with Crippen LogP contribution in [-0.2, 0) is 6.18 Å². The van der Waals surface area contributed by atoms with Crippen molar-refractivity contribution in [1.82, 2.24) is 4.57 Å². The first-order valence-corrected chi connectivity index (χ1v) is 3.34. The number of hydrogen-bond acceptors (Lipinski definition) is 0. The van der Waals surface area contributed by atoms with Gasteiger partial charge in [-0.3, -0.25) is 0 Å². The highest BCUT2D eigenvalue weighted by Gasteiger charge is 2.33. The molecule has 66 valence electrons. The molecule has 0 spiro atoms. The van der Waals surface area contributed by atoms with E-state index in [1.165, 1.54) is 23.9 Å². The van der Waals surface area contributed by atoms with Crippen molar-refractivity contribution in [2.24, 2.45) is 0 Å². The lowest BCUT2D eigenvalue weighted by Crippen LogP contribution is -2.06. The van der Waals surface area contributed by atoms with Gasteiger partial charge in [0, 0.05) is 18.1 Å². The van der Waals surface area contributed by atoms with Gasteiger partial charge < -0.3 is 4.57 Å². The SMILES string of the molecule is C=Cn1ccc(C(F)(F)F)c1C. The van der Waals surface area contributed by atoms with Crippen LogP contribution in [0, 0.1) is 6.92 Å². The Labute approximate surface area is 68.1 Å². The number of rotatable bonds is 1. The van der Waals surface area contributed by atoms with Crippen molar-refractivity contribution in [3.8, 4) is 0 Å². The van der Waals surface area contributed by atoms with Gasteiger partial charge in [-0.1, -0.05) is 6.58 Å². The van der Waals surface area contributed by atoms with Crippen LogP contribution in [0.15, 0.2) is 18.8 Å². The Hall–Kier alpha value is -1.19. The van der Waals surface area contributed by atoms with Gasteiger partial charge in [0.25, 0.3) is 0 Å². The zero-order valence-electron chi connectivity index (χ0n) is 6.52. The van der Waals surface area contributed by atoms with Gasteiger partial charge in [0.1, 0.15) is 0 Å². The standard InChI is InChI=1S/C8H8F3N/c1-3-12-5-4-7(6(12)2)8(9,10)11/h3-5H,1H2,2H3. The van der Waals surface area contributed by atoms with Crippen molar-refractivity contribution in [3.05, 3.63) is 30.1 Å². The molecule has 0 unspecified atom stereocenters. The van der Waals surface area contributed by atoms with Crippen LogP contribution in [0.25, 0.3) is 6.20 Å². The molecule has 0 aliphatic rings. The third kappa shape index (κ3) is 1.37. The molecule has 1 aromatic heterocycles. The average molecular weight is 175 g/mol. The van der Waals surface area contributed by atoms with Gasteiger partial charge in [0.15, 0.2) is 0 Å². The molecule has 0 saturated heterocycles. The van der Waals surface area contributed by atoms with E-state index in [9.17, 15) is 13.2 Å². The predicted octanol–water partition coefficient (Wildman–Crippen LogP) is 2.92. The lowest BCUT2D eigenvalue weighted by molar-refractivity contribution is -0.138. The van der Waals surface area contributed by atoms with Crippen molar-refractivity contribution >= 4 is 6.20 Å². The molecular formula is C8H8F3N. The first-order valence-electron chi connectivity index (χ1n) is 3.34. The maximum atomic E-state index is 12.2. The molecule has 0 atom stereocenters. The quantitative estimate of drug-likeness (QED) is 0.618. The van der Waals surface area contributed by atoms with Crippen LogP contribution in [-0.4, -0.2) is 4.57 Å². The van der Waals surface area contributed by atoms with Gasteiger partial charge in [0.05, 0.1) is 5.56 Å². The zero-order chi connectivity index (χ0) is 9.35. The number of alkyl halides is 3. The van der Waals surface area contributed by atoms with E-state index in [0.29, 0.717) is 0 Å². The Bertz CT molecular complexity index is 296. The van der Waals surface area contributed by atoms with Gasteiger partial charge in [-0.2, -0.15) is 13.2 Å². The summed E-state index contributed by atoms with van der Waals surface area (Å²) >= 11 is 0. The molecule has 0 fully saturated rings. The van der Waals surface area contributed by atoms with Crippen LogP contribution in [0.2, 0.25) is 0 Å². The van der Waals surface area contributed by atoms with Gasteiger partial charge in [-0.25, -0.2) is 0 Å². The number of nitrogens with zero attached hydrogens (tertiary/aromatic N) is 1. The molecule has 0 radical (unpaired) electrons. The second-order valence-corrected chi connectivity index (χ2v) is 2.40. The summed E-state index contributed by atoms with van der Waals surface area (Å²) in [4.78, 5) is 0. The molecule has 1 heterocycles. The van der Waals surface area contributed by atoms with E-state index in [1.54, 1.807) is 0 Å². The Morgan fingerprint density at radius 3 is 2.33 bits per heavy atom. The van der Waals surface area contributed by atoms with Crippen LogP contribution in [0.3, 0.4) is 0 Å². The molecular weight excluding hydrogens is 167 g/mol. The van der Waals surface area contributed by atoms with Crippen molar-refractivity contribution in [3.63, 3.8) is 0 Å². The van der Waals surface area contributed by atoms with Crippen molar-refractivity contribution in [2.75, 3.05) is 0 Å². The molecule has 0 aromatic carbocycles. The Morgan fingerprint density at radius 1 is 1.50 bits per heavy atom. The van der Waals surface area contributed by atoms with Crippen LogP contribution in [0.1, 0.15) is 11.3 Å². The summed E-state index contributed by atoms with van der Waals surface area (Å²) in [6.07, 6.45) is -1.59. The molecule has 4 heteroatoms. The summed E-state index contributed by atoms with van der Waals surface area (Å²) in [5.41, 5.74) is -0.445. The Kier molecular flexibility index (Phi) is 2.00. The lowest BCUT2D eigenvalue weighted by Gasteiger charge is -2.05. The van der Waals surface area contributed by atoms with Crippen molar-refractivity contribution in [2.45, 2.75) is 13.1 Å². The summed E-state index contributed by atoms with van der Waals surface area (Å²) in [6, 6.07) is 1.04. The normalized spacial score (nSPS) is 11.7. The third-order valence-electron chi connectivity index (χ3n) is 1.68. The first kappa shape index (κ1) is 8.90. The van der Waals surface area contributed by atoms with E-state index in [-0.39, 0.29) is 5.69 Å².